The molecule has 2 N–H and O–H groups in total. The molecule has 1 fully saturated rings. The van der Waals surface area contributed by atoms with E-state index < -0.39 is 16.1 Å². The highest BCUT2D eigenvalue weighted by Gasteiger charge is 2.28. The number of benzene rings is 2. The molecule has 2 aromatic rings. The molecule has 8 heteroatoms. The molecule has 1 atom stereocenters. The Labute approximate surface area is 172 Å². The Morgan fingerprint density at radius 1 is 1.03 bits per heavy atom. The summed E-state index contributed by atoms with van der Waals surface area (Å²) in [6.45, 7) is 6.94. The first-order valence-corrected chi connectivity index (χ1v) is 11.0. The van der Waals surface area contributed by atoms with Crippen molar-refractivity contribution in [2.24, 2.45) is 0 Å². The summed E-state index contributed by atoms with van der Waals surface area (Å²) in [5, 5.41) is 5.95. The number of sulfonamides is 1. The van der Waals surface area contributed by atoms with E-state index in [4.69, 9.17) is 4.74 Å². The fraction of sp³-hybridized carbons (Fsp3) is 0.381. The number of aryl methyl sites for hydroxylation is 2. The lowest BCUT2D eigenvalue weighted by Crippen LogP contribution is -2.40. The zero-order valence-electron chi connectivity index (χ0n) is 16.9. The van der Waals surface area contributed by atoms with Gasteiger partial charge in [-0.1, -0.05) is 23.8 Å². The maximum absolute atomic E-state index is 13.0. The first-order valence-electron chi connectivity index (χ1n) is 9.60. The third kappa shape index (κ3) is 5.14. The molecule has 3 rings (SSSR count). The summed E-state index contributed by atoms with van der Waals surface area (Å²) in [7, 11) is -3.64. The van der Waals surface area contributed by atoms with Gasteiger partial charge in [-0.2, -0.15) is 4.31 Å². The van der Waals surface area contributed by atoms with Crippen LogP contribution in [0.25, 0.3) is 0 Å². The second-order valence-electron chi connectivity index (χ2n) is 7.22. The van der Waals surface area contributed by atoms with E-state index in [0.717, 1.165) is 11.3 Å². The van der Waals surface area contributed by atoms with Crippen molar-refractivity contribution in [1.29, 1.82) is 0 Å². The van der Waals surface area contributed by atoms with Crippen molar-refractivity contribution >= 4 is 27.3 Å². The van der Waals surface area contributed by atoms with Crippen LogP contribution in [0, 0.1) is 13.8 Å². The van der Waals surface area contributed by atoms with Gasteiger partial charge in [0.2, 0.25) is 15.9 Å². The van der Waals surface area contributed by atoms with Crippen LogP contribution in [0.2, 0.25) is 0 Å². The van der Waals surface area contributed by atoms with Gasteiger partial charge in [0, 0.05) is 24.5 Å². The van der Waals surface area contributed by atoms with Crippen LogP contribution in [0.1, 0.15) is 18.1 Å². The van der Waals surface area contributed by atoms with Crippen molar-refractivity contribution < 1.29 is 17.9 Å². The lowest BCUT2D eigenvalue weighted by atomic mass is 10.2. The lowest BCUT2D eigenvalue weighted by molar-refractivity contribution is -0.116. The average molecular weight is 418 g/mol. The van der Waals surface area contributed by atoms with E-state index >= 15 is 0 Å². The highest BCUT2D eigenvalue weighted by atomic mass is 32.2. The Morgan fingerprint density at radius 2 is 1.66 bits per heavy atom. The topological polar surface area (TPSA) is 87.7 Å². The number of hydrogen-bond acceptors (Lipinski definition) is 5. The summed E-state index contributed by atoms with van der Waals surface area (Å²) in [4.78, 5) is 12.8. The molecule has 0 radical (unpaired) electrons. The number of nitrogens with zero attached hydrogens (tertiary/aromatic N) is 1. The Morgan fingerprint density at radius 3 is 2.31 bits per heavy atom. The van der Waals surface area contributed by atoms with Crippen molar-refractivity contribution in [2.75, 3.05) is 36.9 Å². The molecule has 1 saturated heterocycles. The predicted octanol–water partition coefficient (Wildman–Crippen LogP) is 2.76. The third-order valence-electron chi connectivity index (χ3n) is 4.87. The number of morpholine rings is 1. The minimum Gasteiger partial charge on any atom is -0.379 e. The lowest BCUT2D eigenvalue weighted by Gasteiger charge is -2.27. The molecule has 0 spiro atoms. The van der Waals surface area contributed by atoms with E-state index in [9.17, 15) is 13.2 Å². The van der Waals surface area contributed by atoms with Crippen LogP contribution in [0.4, 0.5) is 11.4 Å². The number of carbonyl (C=O) groups excluding carboxylic acids is 1. The summed E-state index contributed by atoms with van der Waals surface area (Å²) in [5.41, 5.74) is 3.07. The van der Waals surface area contributed by atoms with Gasteiger partial charge >= 0.3 is 0 Å². The number of anilines is 2. The Hall–Kier alpha value is -2.42. The maximum Gasteiger partial charge on any atom is 0.246 e. The smallest absolute Gasteiger partial charge is 0.246 e. The van der Waals surface area contributed by atoms with Crippen molar-refractivity contribution in [1.82, 2.24) is 4.31 Å². The number of hydrogen-bond donors (Lipinski definition) is 2. The van der Waals surface area contributed by atoms with Gasteiger partial charge in [0.25, 0.3) is 0 Å². The molecule has 29 heavy (non-hydrogen) atoms. The quantitative estimate of drug-likeness (QED) is 0.755. The Kier molecular flexibility index (Phi) is 6.56. The van der Waals surface area contributed by atoms with Gasteiger partial charge in [-0.15, -0.1) is 0 Å². The number of ether oxygens (including phenoxy) is 1. The number of carbonyl (C=O) groups is 1. The highest BCUT2D eigenvalue weighted by Crippen LogP contribution is 2.24. The average Bonchev–Trinajstić information content (AvgIpc) is 2.71. The maximum atomic E-state index is 13.0. The normalized spacial score (nSPS) is 16.2. The fourth-order valence-corrected chi connectivity index (χ4v) is 4.76. The molecule has 0 unspecified atom stereocenters. The Balaban J connectivity index is 1.73. The van der Waals surface area contributed by atoms with Crippen molar-refractivity contribution in [3.8, 4) is 0 Å². The molecule has 7 nitrogen and oxygen atoms in total. The minimum atomic E-state index is -3.64. The molecule has 156 valence electrons. The van der Waals surface area contributed by atoms with E-state index in [1.54, 1.807) is 26.0 Å². The molecule has 0 saturated carbocycles. The summed E-state index contributed by atoms with van der Waals surface area (Å²) >= 11 is 0. The van der Waals surface area contributed by atoms with Gasteiger partial charge in [0.15, 0.2) is 0 Å². The molecule has 1 amide bonds. The monoisotopic (exact) mass is 417 g/mol. The van der Waals surface area contributed by atoms with Crippen molar-refractivity contribution in [3.05, 3.63) is 53.6 Å². The second-order valence-corrected chi connectivity index (χ2v) is 9.12. The number of nitrogens with one attached hydrogen (secondary N) is 2. The van der Waals surface area contributed by atoms with Crippen molar-refractivity contribution in [3.63, 3.8) is 0 Å². The zero-order chi connectivity index (χ0) is 21.0. The molecule has 1 aliphatic rings. The Bertz CT molecular complexity index is 968. The molecule has 0 aliphatic carbocycles. The van der Waals surface area contributed by atoms with Crippen LogP contribution in [-0.4, -0.2) is 51.0 Å². The van der Waals surface area contributed by atoms with Gasteiger partial charge in [0.1, 0.15) is 6.04 Å². The largest absolute Gasteiger partial charge is 0.379 e. The standard InChI is InChI=1S/C21H27N3O4S/c1-15-4-7-18(8-5-15)22-17(3)21(25)23-19-9-6-16(2)20(14-19)29(26,27)24-10-12-28-13-11-24/h4-9,14,17,22H,10-13H2,1-3H3,(H,23,25)/t17-/m0/s1. The van der Waals surface area contributed by atoms with Crippen LogP contribution < -0.4 is 10.6 Å². The predicted molar refractivity (Wildman–Crippen MR) is 114 cm³/mol. The molecular weight excluding hydrogens is 390 g/mol. The summed E-state index contributed by atoms with van der Waals surface area (Å²) < 4.78 is 32.7. The summed E-state index contributed by atoms with van der Waals surface area (Å²) in [5.74, 6) is -0.246. The fourth-order valence-electron chi connectivity index (χ4n) is 3.10. The SMILES string of the molecule is Cc1ccc(N[C@@H](C)C(=O)Nc2ccc(C)c(S(=O)(=O)N3CCOCC3)c2)cc1. The van der Waals surface area contributed by atoms with E-state index in [1.165, 1.54) is 10.4 Å². The van der Waals surface area contributed by atoms with Crippen molar-refractivity contribution in [2.45, 2.75) is 31.7 Å². The van der Waals surface area contributed by atoms with Gasteiger partial charge < -0.3 is 15.4 Å². The minimum absolute atomic E-state index is 0.205. The number of rotatable bonds is 6. The van der Waals surface area contributed by atoms with Crippen LogP contribution in [0.5, 0.6) is 0 Å². The second kappa shape index (κ2) is 8.94. The molecule has 1 aliphatic heterocycles. The summed E-state index contributed by atoms with van der Waals surface area (Å²) in [6.07, 6.45) is 0. The van der Waals surface area contributed by atoms with Gasteiger partial charge in [-0.3, -0.25) is 4.79 Å². The highest BCUT2D eigenvalue weighted by molar-refractivity contribution is 7.89. The van der Waals surface area contributed by atoms with Gasteiger partial charge in [-0.25, -0.2) is 8.42 Å². The van der Waals surface area contributed by atoms with Gasteiger partial charge in [0.05, 0.1) is 18.1 Å². The van der Waals surface area contributed by atoms with E-state index in [2.05, 4.69) is 10.6 Å². The molecular formula is C21H27N3O4S. The summed E-state index contributed by atoms with van der Waals surface area (Å²) in [6, 6.07) is 12.2. The van der Waals surface area contributed by atoms with Gasteiger partial charge in [-0.05, 0) is 50.6 Å². The van der Waals surface area contributed by atoms with E-state index in [0.29, 0.717) is 37.6 Å². The van der Waals surface area contributed by atoms with Crippen LogP contribution in [-0.2, 0) is 19.6 Å². The number of amides is 1. The van der Waals surface area contributed by atoms with Crippen LogP contribution in [0.15, 0.2) is 47.4 Å². The molecule has 0 aromatic heterocycles. The van der Waals surface area contributed by atoms with Crippen LogP contribution >= 0.6 is 0 Å². The molecule has 0 bridgehead atoms. The zero-order valence-corrected chi connectivity index (χ0v) is 17.8. The third-order valence-corrected chi connectivity index (χ3v) is 6.91. The molecule has 2 aromatic carbocycles. The first kappa shape index (κ1) is 21.3. The van der Waals surface area contributed by atoms with E-state index in [1.807, 2.05) is 31.2 Å². The molecule has 1 heterocycles. The van der Waals surface area contributed by atoms with E-state index in [-0.39, 0.29) is 10.8 Å². The first-order chi connectivity index (χ1) is 13.8. The van der Waals surface area contributed by atoms with Crippen LogP contribution in [0.3, 0.4) is 0 Å².